The number of hydrogen-bond donors (Lipinski definition) is 0. The van der Waals surface area contributed by atoms with Crippen LogP contribution in [0.5, 0.6) is 11.5 Å². The summed E-state index contributed by atoms with van der Waals surface area (Å²) in [5.74, 6) is 1.37. The van der Waals surface area contributed by atoms with Gasteiger partial charge in [-0.05, 0) is 29.8 Å². The molecule has 0 aliphatic heterocycles. The van der Waals surface area contributed by atoms with Crippen molar-refractivity contribution in [2.45, 2.75) is 20.0 Å². The highest BCUT2D eigenvalue weighted by Crippen LogP contribution is 2.26. The molecule has 0 heterocycles. The van der Waals surface area contributed by atoms with E-state index < -0.39 is 0 Å². The van der Waals surface area contributed by atoms with Crippen LogP contribution in [-0.2, 0) is 11.3 Å². The summed E-state index contributed by atoms with van der Waals surface area (Å²) in [6, 6.07) is 15.0. The summed E-state index contributed by atoms with van der Waals surface area (Å²) in [5, 5.41) is 0. The van der Waals surface area contributed by atoms with Gasteiger partial charge in [0.15, 0.2) is 5.78 Å². The third kappa shape index (κ3) is 3.45. The molecule has 0 unspecified atom stereocenters. The molecular formula is C17H18O3. The number of carbonyl (C=O) groups excluding carboxylic acids is 1. The van der Waals surface area contributed by atoms with Crippen molar-refractivity contribution in [3.05, 3.63) is 59.7 Å². The van der Waals surface area contributed by atoms with Gasteiger partial charge < -0.3 is 9.47 Å². The SMILES string of the molecule is CCC(=O)c1ccccc1Oc1cccc(COC)c1. The first-order valence-electron chi connectivity index (χ1n) is 6.62. The lowest BCUT2D eigenvalue weighted by Gasteiger charge is -2.10. The Morgan fingerprint density at radius 1 is 1.10 bits per heavy atom. The van der Waals surface area contributed by atoms with E-state index in [0.29, 0.717) is 30.1 Å². The molecule has 0 radical (unpaired) electrons. The van der Waals surface area contributed by atoms with Crippen LogP contribution in [0.1, 0.15) is 29.3 Å². The predicted molar refractivity (Wildman–Crippen MR) is 78.3 cm³/mol. The molecule has 0 bridgehead atoms. The Hall–Kier alpha value is -2.13. The summed E-state index contributed by atoms with van der Waals surface area (Å²) >= 11 is 0. The van der Waals surface area contributed by atoms with E-state index in [-0.39, 0.29) is 5.78 Å². The van der Waals surface area contributed by atoms with Crippen LogP contribution >= 0.6 is 0 Å². The normalized spacial score (nSPS) is 10.3. The van der Waals surface area contributed by atoms with Gasteiger partial charge >= 0.3 is 0 Å². The van der Waals surface area contributed by atoms with Gasteiger partial charge in [-0.2, -0.15) is 0 Å². The largest absolute Gasteiger partial charge is 0.457 e. The van der Waals surface area contributed by atoms with Gasteiger partial charge in [0.1, 0.15) is 11.5 Å². The van der Waals surface area contributed by atoms with Gasteiger partial charge in [0, 0.05) is 13.5 Å². The predicted octanol–water partition coefficient (Wildman–Crippen LogP) is 4.22. The van der Waals surface area contributed by atoms with E-state index >= 15 is 0 Å². The molecule has 3 nitrogen and oxygen atoms in total. The highest BCUT2D eigenvalue weighted by atomic mass is 16.5. The summed E-state index contributed by atoms with van der Waals surface area (Å²) in [4.78, 5) is 11.9. The molecule has 0 atom stereocenters. The molecule has 3 heteroatoms. The molecule has 0 aliphatic rings. The van der Waals surface area contributed by atoms with Crippen LogP contribution in [0, 0.1) is 0 Å². The molecule has 0 aliphatic carbocycles. The van der Waals surface area contributed by atoms with Crippen LogP contribution in [0.2, 0.25) is 0 Å². The summed E-state index contributed by atoms with van der Waals surface area (Å²) in [5.41, 5.74) is 1.65. The minimum absolute atomic E-state index is 0.0775. The van der Waals surface area contributed by atoms with Crippen molar-refractivity contribution in [1.29, 1.82) is 0 Å². The molecule has 20 heavy (non-hydrogen) atoms. The molecule has 2 aromatic rings. The lowest BCUT2D eigenvalue weighted by Crippen LogP contribution is -2.00. The number of Topliss-reactive ketones (excluding diaryl/α,β-unsaturated/α-hetero) is 1. The van der Waals surface area contributed by atoms with Gasteiger partial charge in [0.2, 0.25) is 0 Å². The van der Waals surface area contributed by atoms with Crippen molar-refractivity contribution >= 4 is 5.78 Å². The molecule has 0 amide bonds. The molecule has 104 valence electrons. The minimum atomic E-state index is 0.0775. The summed E-state index contributed by atoms with van der Waals surface area (Å²) in [6.45, 7) is 2.38. The molecule has 2 aromatic carbocycles. The maximum atomic E-state index is 11.9. The first-order chi connectivity index (χ1) is 9.74. The van der Waals surface area contributed by atoms with Gasteiger partial charge in [0.05, 0.1) is 12.2 Å². The number of para-hydroxylation sites is 1. The molecule has 0 N–H and O–H groups in total. The van der Waals surface area contributed by atoms with Crippen LogP contribution in [0.15, 0.2) is 48.5 Å². The molecule has 2 rings (SSSR count). The fourth-order valence-electron chi connectivity index (χ4n) is 1.97. The van der Waals surface area contributed by atoms with Gasteiger partial charge in [-0.15, -0.1) is 0 Å². The number of ketones is 1. The third-order valence-corrected chi connectivity index (χ3v) is 2.95. The zero-order valence-electron chi connectivity index (χ0n) is 11.8. The fourth-order valence-corrected chi connectivity index (χ4v) is 1.97. The van der Waals surface area contributed by atoms with E-state index in [1.165, 1.54) is 0 Å². The van der Waals surface area contributed by atoms with E-state index in [9.17, 15) is 4.79 Å². The Morgan fingerprint density at radius 3 is 2.65 bits per heavy atom. The van der Waals surface area contributed by atoms with E-state index in [2.05, 4.69) is 0 Å². The molecule has 0 fully saturated rings. The Kier molecular flexibility index (Phi) is 4.91. The monoisotopic (exact) mass is 270 g/mol. The standard InChI is InChI=1S/C17H18O3/c1-3-16(18)15-9-4-5-10-17(15)20-14-8-6-7-13(11-14)12-19-2/h4-11H,3,12H2,1-2H3. The molecule has 0 saturated heterocycles. The Bertz CT molecular complexity index is 590. The Balaban J connectivity index is 2.26. The third-order valence-electron chi connectivity index (χ3n) is 2.95. The van der Waals surface area contributed by atoms with E-state index in [1.807, 2.05) is 49.4 Å². The zero-order valence-corrected chi connectivity index (χ0v) is 11.8. The first kappa shape index (κ1) is 14.3. The average Bonchev–Trinajstić information content (AvgIpc) is 2.48. The van der Waals surface area contributed by atoms with Crippen LogP contribution in [0.25, 0.3) is 0 Å². The lowest BCUT2D eigenvalue weighted by molar-refractivity contribution is 0.0986. The van der Waals surface area contributed by atoms with Gasteiger partial charge in [-0.1, -0.05) is 31.2 Å². The molecule has 0 aromatic heterocycles. The van der Waals surface area contributed by atoms with Gasteiger partial charge in [0.25, 0.3) is 0 Å². The van der Waals surface area contributed by atoms with Crippen molar-refractivity contribution in [3.8, 4) is 11.5 Å². The number of hydrogen-bond acceptors (Lipinski definition) is 3. The summed E-state index contributed by atoms with van der Waals surface area (Å²) in [7, 11) is 1.66. The van der Waals surface area contributed by atoms with E-state index in [0.717, 1.165) is 5.56 Å². The van der Waals surface area contributed by atoms with Crippen LogP contribution in [0.3, 0.4) is 0 Å². The first-order valence-corrected chi connectivity index (χ1v) is 6.62. The number of ether oxygens (including phenoxy) is 2. The second kappa shape index (κ2) is 6.87. The quantitative estimate of drug-likeness (QED) is 0.737. The Morgan fingerprint density at radius 2 is 1.90 bits per heavy atom. The second-order valence-electron chi connectivity index (χ2n) is 4.46. The van der Waals surface area contributed by atoms with E-state index in [4.69, 9.17) is 9.47 Å². The summed E-state index contributed by atoms with van der Waals surface area (Å²) in [6.07, 6.45) is 0.462. The highest BCUT2D eigenvalue weighted by Gasteiger charge is 2.10. The maximum Gasteiger partial charge on any atom is 0.166 e. The number of benzene rings is 2. The van der Waals surface area contributed by atoms with Crippen molar-refractivity contribution in [2.24, 2.45) is 0 Å². The molecule has 0 saturated carbocycles. The lowest BCUT2D eigenvalue weighted by atomic mass is 10.1. The zero-order chi connectivity index (χ0) is 14.4. The maximum absolute atomic E-state index is 11.9. The van der Waals surface area contributed by atoms with Gasteiger partial charge in [-0.25, -0.2) is 0 Å². The van der Waals surface area contributed by atoms with Crippen molar-refractivity contribution < 1.29 is 14.3 Å². The van der Waals surface area contributed by atoms with Crippen molar-refractivity contribution in [2.75, 3.05) is 7.11 Å². The second-order valence-corrected chi connectivity index (χ2v) is 4.46. The van der Waals surface area contributed by atoms with Crippen molar-refractivity contribution in [3.63, 3.8) is 0 Å². The Labute approximate surface area is 119 Å². The highest BCUT2D eigenvalue weighted by molar-refractivity contribution is 5.98. The minimum Gasteiger partial charge on any atom is -0.457 e. The van der Waals surface area contributed by atoms with Crippen LogP contribution in [-0.4, -0.2) is 12.9 Å². The van der Waals surface area contributed by atoms with Crippen molar-refractivity contribution in [1.82, 2.24) is 0 Å². The molecule has 0 spiro atoms. The average molecular weight is 270 g/mol. The number of rotatable bonds is 6. The smallest absolute Gasteiger partial charge is 0.166 e. The van der Waals surface area contributed by atoms with E-state index in [1.54, 1.807) is 13.2 Å². The van der Waals surface area contributed by atoms with Crippen LogP contribution < -0.4 is 4.74 Å². The molecular weight excluding hydrogens is 252 g/mol. The number of methoxy groups -OCH3 is 1. The topological polar surface area (TPSA) is 35.5 Å². The number of carbonyl (C=O) groups is 1. The van der Waals surface area contributed by atoms with Gasteiger partial charge in [-0.3, -0.25) is 4.79 Å². The summed E-state index contributed by atoms with van der Waals surface area (Å²) < 4.78 is 10.9. The fraction of sp³-hybridized carbons (Fsp3) is 0.235. The van der Waals surface area contributed by atoms with Crippen LogP contribution in [0.4, 0.5) is 0 Å².